The summed E-state index contributed by atoms with van der Waals surface area (Å²) in [5, 5.41) is 14.7. The molecule has 7 heteroatoms. The third-order valence-corrected chi connectivity index (χ3v) is 5.71. The minimum absolute atomic E-state index is 0.0192. The Kier molecular flexibility index (Phi) is 6.49. The van der Waals surface area contributed by atoms with Crippen molar-refractivity contribution in [2.75, 3.05) is 0 Å². The Balaban J connectivity index is 1.78. The van der Waals surface area contributed by atoms with Gasteiger partial charge in [-0.1, -0.05) is 76.6 Å². The van der Waals surface area contributed by atoms with Crippen LogP contribution in [0.4, 0.5) is 0 Å². The van der Waals surface area contributed by atoms with Crippen LogP contribution >= 0.6 is 0 Å². The van der Waals surface area contributed by atoms with Crippen LogP contribution in [-0.4, -0.2) is 30.2 Å². The van der Waals surface area contributed by atoms with E-state index in [0.29, 0.717) is 12.4 Å². The van der Waals surface area contributed by atoms with Gasteiger partial charge in [-0.05, 0) is 34.4 Å². The van der Waals surface area contributed by atoms with Gasteiger partial charge in [0, 0.05) is 23.5 Å². The number of tetrazole rings is 1. The Labute approximate surface area is 193 Å². The van der Waals surface area contributed by atoms with Gasteiger partial charge in [0.15, 0.2) is 0 Å². The molecule has 4 rings (SSSR count). The van der Waals surface area contributed by atoms with Gasteiger partial charge in [0.2, 0.25) is 5.82 Å². The highest BCUT2D eigenvalue weighted by Crippen LogP contribution is 2.31. The Bertz CT molecular complexity index is 1270. The predicted octanol–water partition coefficient (Wildman–Crippen LogP) is 4.78. The predicted molar refractivity (Wildman–Crippen MR) is 130 cm³/mol. The molecule has 0 aliphatic heterocycles. The third-order valence-electron chi connectivity index (χ3n) is 5.71. The highest BCUT2D eigenvalue weighted by Gasteiger charge is 2.20. The first kappa shape index (κ1) is 22.6. The summed E-state index contributed by atoms with van der Waals surface area (Å²) in [6.45, 7) is 8.84. The second kappa shape index (κ2) is 9.48. The lowest BCUT2D eigenvalue weighted by Gasteiger charge is -2.21. The molecule has 33 heavy (non-hydrogen) atoms. The number of nitrogens with zero attached hydrogens (tertiary/aromatic N) is 5. The van der Waals surface area contributed by atoms with Crippen molar-refractivity contribution in [3.8, 4) is 22.5 Å². The molecule has 0 aliphatic rings. The van der Waals surface area contributed by atoms with Crippen molar-refractivity contribution in [2.24, 2.45) is 0 Å². The smallest absolute Gasteiger partial charge is 0.254 e. The molecule has 7 nitrogen and oxygen atoms in total. The highest BCUT2D eigenvalue weighted by molar-refractivity contribution is 5.80. The normalized spacial score (nSPS) is 11.6. The number of benzene rings is 2. The van der Waals surface area contributed by atoms with E-state index < -0.39 is 0 Å². The van der Waals surface area contributed by atoms with Gasteiger partial charge < -0.3 is 0 Å². The molecule has 0 bridgehead atoms. The van der Waals surface area contributed by atoms with Crippen molar-refractivity contribution >= 4 is 0 Å². The van der Waals surface area contributed by atoms with Gasteiger partial charge in [-0.15, -0.1) is 10.2 Å². The fourth-order valence-electron chi connectivity index (χ4n) is 3.84. The number of hydrogen-bond acceptors (Lipinski definition) is 5. The molecule has 170 valence electrons. The number of aryl methyl sites for hydroxylation is 1. The largest absolute Gasteiger partial charge is 0.292 e. The average Bonchev–Trinajstić information content (AvgIpc) is 3.34. The standard InChI is InChI=1S/C26H30N6O/c1-5-6-12-23-27-22(26(2,3)4)16-24(33)32(23)17-18-13-14-20(19-10-8-7-9-11-19)21(15-18)25-28-30-31-29-25/h7-11,13-16H,5-6,12,17H2,1-4H3,(H,28,29,30,31). The summed E-state index contributed by atoms with van der Waals surface area (Å²) in [5.41, 5.74) is 4.58. The number of aromatic nitrogens is 6. The summed E-state index contributed by atoms with van der Waals surface area (Å²) in [6.07, 6.45) is 2.81. The number of H-pyrrole nitrogens is 1. The molecular formula is C26H30N6O. The molecule has 0 amide bonds. The lowest BCUT2D eigenvalue weighted by Crippen LogP contribution is -2.29. The van der Waals surface area contributed by atoms with Crippen LogP contribution < -0.4 is 5.56 Å². The monoisotopic (exact) mass is 442 g/mol. The zero-order chi connectivity index (χ0) is 23.4. The minimum atomic E-state index is -0.178. The van der Waals surface area contributed by atoms with Crippen LogP contribution in [-0.2, 0) is 18.4 Å². The van der Waals surface area contributed by atoms with Gasteiger partial charge in [-0.2, -0.15) is 5.21 Å². The van der Waals surface area contributed by atoms with Crippen LogP contribution in [0.3, 0.4) is 0 Å². The third kappa shape index (κ3) is 5.08. The molecule has 0 radical (unpaired) electrons. The average molecular weight is 443 g/mol. The molecule has 0 spiro atoms. The zero-order valence-electron chi connectivity index (χ0n) is 19.7. The van der Waals surface area contributed by atoms with Crippen molar-refractivity contribution in [3.63, 3.8) is 0 Å². The number of rotatable bonds is 7. The summed E-state index contributed by atoms with van der Waals surface area (Å²) in [5.74, 6) is 1.36. The van der Waals surface area contributed by atoms with E-state index in [1.54, 1.807) is 10.6 Å². The van der Waals surface area contributed by atoms with E-state index in [-0.39, 0.29) is 11.0 Å². The number of hydrogen-bond donors (Lipinski definition) is 1. The van der Waals surface area contributed by atoms with E-state index in [2.05, 4.69) is 72.6 Å². The minimum Gasteiger partial charge on any atom is -0.292 e. The van der Waals surface area contributed by atoms with Crippen LogP contribution in [0.25, 0.3) is 22.5 Å². The second-order valence-electron chi connectivity index (χ2n) is 9.32. The molecule has 0 aliphatic carbocycles. The molecule has 0 atom stereocenters. The van der Waals surface area contributed by atoms with E-state index in [1.807, 2.05) is 24.3 Å². The first-order valence-corrected chi connectivity index (χ1v) is 11.4. The van der Waals surface area contributed by atoms with Crippen LogP contribution in [0.1, 0.15) is 57.6 Å². The highest BCUT2D eigenvalue weighted by atomic mass is 16.1. The van der Waals surface area contributed by atoms with Crippen LogP contribution in [0.5, 0.6) is 0 Å². The molecular weight excluding hydrogens is 412 g/mol. The number of aromatic amines is 1. The molecule has 4 aromatic rings. The van der Waals surface area contributed by atoms with Gasteiger partial charge in [0.1, 0.15) is 5.82 Å². The van der Waals surface area contributed by atoms with Gasteiger partial charge in [-0.3, -0.25) is 9.36 Å². The summed E-state index contributed by atoms with van der Waals surface area (Å²) in [7, 11) is 0. The molecule has 2 aromatic carbocycles. The quantitative estimate of drug-likeness (QED) is 0.445. The maximum absolute atomic E-state index is 13.2. The van der Waals surface area contributed by atoms with E-state index in [4.69, 9.17) is 4.98 Å². The Morgan fingerprint density at radius 2 is 1.79 bits per heavy atom. The van der Waals surface area contributed by atoms with Crippen molar-refractivity contribution < 1.29 is 0 Å². The van der Waals surface area contributed by atoms with Gasteiger partial charge in [-0.25, -0.2) is 4.98 Å². The van der Waals surface area contributed by atoms with Crippen molar-refractivity contribution in [2.45, 2.75) is 58.9 Å². The maximum Gasteiger partial charge on any atom is 0.254 e. The fraction of sp³-hybridized carbons (Fsp3) is 0.346. The Morgan fingerprint density at radius 3 is 2.45 bits per heavy atom. The molecule has 2 aromatic heterocycles. The number of unbranched alkanes of at least 4 members (excludes halogenated alkanes) is 1. The molecule has 0 saturated heterocycles. The van der Waals surface area contributed by atoms with Crippen LogP contribution in [0, 0.1) is 0 Å². The van der Waals surface area contributed by atoms with Gasteiger partial charge in [0.05, 0.1) is 12.2 Å². The van der Waals surface area contributed by atoms with Crippen molar-refractivity contribution in [1.82, 2.24) is 30.2 Å². The Morgan fingerprint density at radius 1 is 1.00 bits per heavy atom. The van der Waals surface area contributed by atoms with Crippen molar-refractivity contribution in [3.05, 3.63) is 82.0 Å². The number of nitrogens with one attached hydrogen (secondary N) is 1. The molecule has 1 N–H and O–H groups in total. The summed E-state index contributed by atoms with van der Waals surface area (Å²) >= 11 is 0. The molecule has 2 heterocycles. The van der Waals surface area contributed by atoms with Gasteiger partial charge in [0.25, 0.3) is 5.56 Å². The van der Waals surface area contributed by atoms with E-state index in [9.17, 15) is 4.79 Å². The Hall–Kier alpha value is -3.61. The molecule has 0 saturated carbocycles. The van der Waals surface area contributed by atoms with Crippen LogP contribution in [0.2, 0.25) is 0 Å². The van der Waals surface area contributed by atoms with Gasteiger partial charge >= 0.3 is 0 Å². The lowest BCUT2D eigenvalue weighted by molar-refractivity contribution is 0.540. The first-order valence-electron chi connectivity index (χ1n) is 11.4. The summed E-state index contributed by atoms with van der Waals surface area (Å²) in [6, 6.07) is 17.9. The first-order chi connectivity index (χ1) is 15.9. The van der Waals surface area contributed by atoms with Crippen LogP contribution in [0.15, 0.2) is 59.4 Å². The zero-order valence-corrected chi connectivity index (χ0v) is 19.7. The SMILES string of the molecule is CCCCc1nc(C(C)(C)C)cc(=O)n1Cc1ccc(-c2ccccc2)c(-c2nn[nH]n2)c1. The van der Waals surface area contributed by atoms with E-state index in [1.165, 1.54) is 0 Å². The summed E-state index contributed by atoms with van der Waals surface area (Å²) < 4.78 is 1.79. The lowest BCUT2D eigenvalue weighted by atomic mass is 9.92. The summed E-state index contributed by atoms with van der Waals surface area (Å²) in [4.78, 5) is 18.1. The van der Waals surface area contributed by atoms with E-state index in [0.717, 1.165) is 53.0 Å². The van der Waals surface area contributed by atoms with E-state index >= 15 is 0 Å². The van der Waals surface area contributed by atoms with Crippen molar-refractivity contribution in [1.29, 1.82) is 0 Å². The molecule has 0 fully saturated rings. The fourth-order valence-corrected chi connectivity index (χ4v) is 3.84. The maximum atomic E-state index is 13.2. The molecule has 0 unspecified atom stereocenters. The second-order valence-corrected chi connectivity index (χ2v) is 9.32. The topological polar surface area (TPSA) is 89.4 Å².